The van der Waals surface area contributed by atoms with Gasteiger partial charge < -0.3 is 5.32 Å². The molecular formula is C20H15FN2O3. The smallest absolute Gasteiger partial charge is 0.270 e. The van der Waals surface area contributed by atoms with Crippen molar-refractivity contribution in [3.8, 4) is 11.1 Å². The van der Waals surface area contributed by atoms with Gasteiger partial charge in [-0.1, -0.05) is 36.4 Å². The normalized spacial score (nSPS) is 10.3. The SMILES string of the molecule is O=C(Cc1ccc(F)cc1)Nc1cccc(-c2cccc([N+](=O)[O-])c2)c1. The second kappa shape index (κ2) is 7.57. The molecule has 0 aromatic heterocycles. The maximum absolute atomic E-state index is 12.9. The highest BCUT2D eigenvalue weighted by Crippen LogP contribution is 2.26. The van der Waals surface area contributed by atoms with E-state index in [1.807, 2.05) is 6.07 Å². The molecule has 6 heteroatoms. The van der Waals surface area contributed by atoms with Crippen molar-refractivity contribution >= 4 is 17.3 Å². The first-order valence-corrected chi connectivity index (χ1v) is 7.90. The molecule has 0 radical (unpaired) electrons. The van der Waals surface area contributed by atoms with Crippen molar-refractivity contribution in [2.75, 3.05) is 5.32 Å². The summed E-state index contributed by atoms with van der Waals surface area (Å²) in [5.74, 6) is -0.577. The van der Waals surface area contributed by atoms with Gasteiger partial charge in [0.05, 0.1) is 11.3 Å². The Morgan fingerprint density at radius 3 is 2.31 bits per heavy atom. The van der Waals surface area contributed by atoms with Crippen LogP contribution in [0.1, 0.15) is 5.56 Å². The number of non-ortho nitro benzene ring substituents is 1. The quantitative estimate of drug-likeness (QED) is 0.541. The number of benzene rings is 3. The van der Waals surface area contributed by atoms with E-state index in [0.717, 1.165) is 5.56 Å². The predicted octanol–water partition coefficient (Wildman–Crippen LogP) is 4.58. The maximum Gasteiger partial charge on any atom is 0.270 e. The molecule has 0 bridgehead atoms. The zero-order chi connectivity index (χ0) is 18.5. The fourth-order valence-corrected chi connectivity index (χ4v) is 2.57. The van der Waals surface area contributed by atoms with Gasteiger partial charge in [-0.3, -0.25) is 14.9 Å². The van der Waals surface area contributed by atoms with Crippen molar-refractivity contribution in [2.45, 2.75) is 6.42 Å². The largest absolute Gasteiger partial charge is 0.326 e. The van der Waals surface area contributed by atoms with Crippen LogP contribution < -0.4 is 5.32 Å². The van der Waals surface area contributed by atoms with Gasteiger partial charge >= 0.3 is 0 Å². The molecule has 0 unspecified atom stereocenters. The van der Waals surface area contributed by atoms with Gasteiger partial charge in [-0.2, -0.15) is 0 Å². The molecule has 26 heavy (non-hydrogen) atoms. The van der Waals surface area contributed by atoms with Crippen LogP contribution >= 0.6 is 0 Å². The minimum Gasteiger partial charge on any atom is -0.326 e. The number of nitrogens with zero attached hydrogens (tertiary/aromatic N) is 1. The van der Waals surface area contributed by atoms with Crippen molar-refractivity contribution in [3.05, 3.63) is 94.3 Å². The second-order valence-corrected chi connectivity index (χ2v) is 5.74. The highest BCUT2D eigenvalue weighted by atomic mass is 19.1. The Labute approximate surface area is 149 Å². The Morgan fingerprint density at radius 1 is 0.962 bits per heavy atom. The van der Waals surface area contributed by atoms with E-state index >= 15 is 0 Å². The summed E-state index contributed by atoms with van der Waals surface area (Å²) in [6.45, 7) is 0. The molecule has 5 nitrogen and oxygen atoms in total. The first-order valence-electron chi connectivity index (χ1n) is 7.90. The highest BCUT2D eigenvalue weighted by Gasteiger charge is 2.09. The van der Waals surface area contributed by atoms with E-state index in [-0.39, 0.29) is 23.8 Å². The number of hydrogen-bond donors (Lipinski definition) is 1. The third-order valence-corrected chi connectivity index (χ3v) is 3.81. The van der Waals surface area contributed by atoms with E-state index < -0.39 is 4.92 Å². The second-order valence-electron chi connectivity index (χ2n) is 5.74. The molecule has 1 N–H and O–H groups in total. The van der Waals surface area contributed by atoms with E-state index in [1.54, 1.807) is 42.5 Å². The van der Waals surface area contributed by atoms with E-state index in [4.69, 9.17) is 0 Å². The van der Waals surface area contributed by atoms with Crippen LogP contribution in [0.25, 0.3) is 11.1 Å². The van der Waals surface area contributed by atoms with Gasteiger partial charge in [0.2, 0.25) is 5.91 Å². The summed E-state index contributed by atoms with van der Waals surface area (Å²) in [5, 5.41) is 13.7. The molecule has 0 saturated carbocycles. The Bertz CT molecular complexity index is 955. The molecule has 0 saturated heterocycles. The zero-order valence-electron chi connectivity index (χ0n) is 13.7. The number of nitro benzene ring substituents is 1. The lowest BCUT2D eigenvalue weighted by Crippen LogP contribution is -2.14. The van der Waals surface area contributed by atoms with Crippen molar-refractivity contribution in [2.24, 2.45) is 0 Å². The van der Waals surface area contributed by atoms with E-state index in [1.165, 1.54) is 24.3 Å². The number of hydrogen-bond acceptors (Lipinski definition) is 3. The maximum atomic E-state index is 12.9. The number of nitro groups is 1. The van der Waals surface area contributed by atoms with Gasteiger partial charge in [-0.05, 0) is 41.0 Å². The molecule has 0 fully saturated rings. The van der Waals surface area contributed by atoms with E-state index in [2.05, 4.69) is 5.32 Å². The average Bonchev–Trinajstić information content (AvgIpc) is 2.64. The van der Waals surface area contributed by atoms with Crippen molar-refractivity contribution < 1.29 is 14.1 Å². The van der Waals surface area contributed by atoms with E-state index in [9.17, 15) is 19.3 Å². The number of carbonyl (C=O) groups excluding carboxylic acids is 1. The monoisotopic (exact) mass is 350 g/mol. The van der Waals surface area contributed by atoms with Crippen LogP contribution in [0, 0.1) is 15.9 Å². The van der Waals surface area contributed by atoms with Crippen LogP contribution in [0.15, 0.2) is 72.8 Å². The molecule has 0 heterocycles. The van der Waals surface area contributed by atoms with Gasteiger partial charge in [0.1, 0.15) is 5.82 Å². The van der Waals surface area contributed by atoms with Gasteiger partial charge in [0.25, 0.3) is 5.69 Å². The number of nitrogens with one attached hydrogen (secondary N) is 1. The van der Waals surface area contributed by atoms with Gasteiger partial charge in [-0.25, -0.2) is 4.39 Å². The van der Waals surface area contributed by atoms with Gasteiger partial charge in [0.15, 0.2) is 0 Å². The summed E-state index contributed by atoms with van der Waals surface area (Å²) in [6, 6.07) is 19.1. The van der Waals surface area contributed by atoms with Crippen molar-refractivity contribution in [3.63, 3.8) is 0 Å². The Kier molecular flexibility index (Phi) is 5.03. The summed E-state index contributed by atoms with van der Waals surface area (Å²) in [6.07, 6.45) is 0.126. The van der Waals surface area contributed by atoms with Crippen molar-refractivity contribution in [1.82, 2.24) is 0 Å². The molecule has 130 valence electrons. The minimum absolute atomic E-state index is 0.00764. The lowest BCUT2D eigenvalue weighted by molar-refractivity contribution is -0.384. The third-order valence-electron chi connectivity index (χ3n) is 3.81. The Balaban J connectivity index is 1.75. The van der Waals surface area contributed by atoms with E-state index in [0.29, 0.717) is 16.8 Å². The number of amides is 1. The number of halogens is 1. The Morgan fingerprint density at radius 2 is 1.62 bits per heavy atom. The first-order chi connectivity index (χ1) is 12.5. The topological polar surface area (TPSA) is 72.2 Å². The van der Waals surface area contributed by atoms with Crippen LogP contribution in [0.3, 0.4) is 0 Å². The van der Waals surface area contributed by atoms with Crippen LogP contribution in [0.2, 0.25) is 0 Å². The molecule has 3 aromatic rings. The molecule has 3 rings (SSSR count). The van der Waals surface area contributed by atoms with Crippen molar-refractivity contribution in [1.29, 1.82) is 0 Å². The molecule has 3 aromatic carbocycles. The molecule has 0 aliphatic heterocycles. The fourth-order valence-electron chi connectivity index (χ4n) is 2.57. The zero-order valence-corrected chi connectivity index (χ0v) is 13.7. The summed E-state index contributed by atoms with van der Waals surface area (Å²) < 4.78 is 12.9. The number of rotatable bonds is 5. The summed E-state index contributed by atoms with van der Waals surface area (Å²) in [4.78, 5) is 22.6. The predicted molar refractivity (Wildman–Crippen MR) is 97.3 cm³/mol. The van der Waals surface area contributed by atoms with Gasteiger partial charge in [-0.15, -0.1) is 0 Å². The van der Waals surface area contributed by atoms with Gasteiger partial charge in [0, 0.05) is 17.8 Å². The molecular weight excluding hydrogens is 335 g/mol. The Hall–Kier alpha value is -3.54. The average molecular weight is 350 g/mol. The third kappa shape index (κ3) is 4.30. The minimum atomic E-state index is -0.447. The standard InChI is InChI=1S/C20H15FN2O3/c21-17-9-7-14(8-10-17)11-20(24)22-18-5-1-3-15(12-18)16-4-2-6-19(13-16)23(25)26/h1-10,12-13H,11H2,(H,22,24). The van der Waals surface area contributed by atoms with Crippen LogP contribution in [0.5, 0.6) is 0 Å². The first kappa shape index (κ1) is 17.3. The number of anilines is 1. The summed E-state index contributed by atoms with van der Waals surface area (Å²) >= 11 is 0. The molecule has 0 aliphatic rings. The molecule has 0 aliphatic carbocycles. The molecule has 0 spiro atoms. The molecule has 0 atom stereocenters. The highest BCUT2D eigenvalue weighted by molar-refractivity contribution is 5.93. The lowest BCUT2D eigenvalue weighted by atomic mass is 10.0. The summed E-state index contributed by atoms with van der Waals surface area (Å²) in [7, 11) is 0. The fraction of sp³-hybridized carbons (Fsp3) is 0.0500. The van der Waals surface area contributed by atoms with Crippen LogP contribution in [-0.4, -0.2) is 10.8 Å². The van der Waals surface area contributed by atoms with Crippen LogP contribution in [-0.2, 0) is 11.2 Å². The summed E-state index contributed by atoms with van der Waals surface area (Å²) in [5.41, 5.74) is 2.75. The van der Waals surface area contributed by atoms with Crippen LogP contribution in [0.4, 0.5) is 15.8 Å². The molecule has 1 amide bonds. The lowest BCUT2D eigenvalue weighted by Gasteiger charge is -2.08. The number of carbonyl (C=O) groups is 1.